The normalized spacial score (nSPS) is 20.8. The number of carbonyl (C=O) groups is 2. The quantitative estimate of drug-likeness (QED) is 0.556. The SMILES string of the molecule is CC(C)C(=O)N1c2ccccc2NC2=C(C(=O)CC(C)(C)C2)C1c1ccc(Br)s1. The highest BCUT2D eigenvalue weighted by Crippen LogP contribution is 2.49. The maximum absolute atomic E-state index is 13.5. The van der Waals surface area contributed by atoms with E-state index in [0.717, 1.165) is 37.7 Å². The summed E-state index contributed by atoms with van der Waals surface area (Å²) >= 11 is 5.13. The zero-order valence-corrected chi connectivity index (χ0v) is 19.5. The van der Waals surface area contributed by atoms with Crippen molar-refractivity contribution in [3.05, 3.63) is 56.3 Å². The molecular formula is C23H25BrN2O2S. The highest BCUT2D eigenvalue weighted by atomic mass is 79.9. The maximum atomic E-state index is 13.5. The van der Waals surface area contributed by atoms with E-state index in [2.05, 4.69) is 35.1 Å². The number of nitrogens with one attached hydrogen (secondary N) is 1. The van der Waals surface area contributed by atoms with Gasteiger partial charge < -0.3 is 5.32 Å². The van der Waals surface area contributed by atoms with E-state index in [4.69, 9.17) is 0 Å². The van der Waals surface area contributed by atoms with E-state index in [1.54, 1.807) is 11.3 Å². The number of anilines is 2. The maximum Gasteiger partial charge on any atom is 0.230 e. The van der Waals surface area contributed by atoms with E-state index in [0.29, 0.717) is 6.42 Å². The van der Waals surface area contributed by atoms with Gasteiger partial charge in [0.15, 0.2) is 5.78 Å². The van der Waals surface area contributed by atoms with Crippen LogP contribution < -0.4 is 10.2 Å². The van der Waals surface area contributed by atoms with E-state index < -0.39 is 6.04 Å². The van der Waals surface area contributed by atoms with Crippen LogP contribution in [0.25, 0.3) is 0 Å². The lowest BCUT2D eigenvalue weighted by atomic mass is 9.74. The molecule has 1 unspecified atom stereocenters. The molecule has 2 aliphatic rings. The lowest BCUT2D eigenvalue weighted by Gasteiger charge is -2.37. The summed E-state index contributed by atoms with van der Waals surface area (Å²) in [5.74, 6) is -0.0565. The first-order valence-corrected chi connectivity index (χ1v) is 11.5. The summed E-state index contributed by atoms with van der Waals surface area (Å²) < 4.78 is 0.987. The molecule has 2 heterocycles. The number of hydrogen-bond acceptors (Lipinski definition) is 4. The van der Waals surface area contributed by atoms with Crippen molar-refractivity contribution in [2.24, 2.45) is 11.3 Å². The number of amides is 1. The molecule has 1 atom stereocenters. The second-order valence-electron chi connectivity index (χ2n) is 8.88. The van der Waals surface area contributed by atoms with Gasteiger partial charge in [-0.05, 0) is 52.0 Å². The zero-order chi connectivity index (χ0) is 20.9. The second-order valence-corrected chi connectivity index (χ2v) is 11.4. The smallest absolute Gasteiger partial charge is 0.230 e. The molecule has 2 aromatic rings. The van der Waals surface area contributed by atoms with Crippen LogP contribution in [0.4, 0.5) is 11.4 Å². The van der Waals surface area contributed by atoms with Crippen molar-refractivity contribution in [2.75, 3.05) is 10.2 Å². The molecule has 0 radical (unpaired) electrons. The van der Waals surface area contributed by atoms with Crippen LogP contribution in [0.3, 0.4) is 0 Å². The number of fused-ring (bicyclic) bond motifs is 1. The van der Waals surface area contributed by atoms with Gasteiger partial charge >= 0.3 is 0 Å². The predicted molar refractivity (Wildman–Crippen MR) is 122 cm³/mol. The first-order valence-electron chi connectivity index (χ1n) is 9.88. The van der Waals surface area contributed by atoms with Crippen LogP contribution in [0.1, 0.15) is 51.5 Å². The molecule has 0 saturated carbocycles. The van der Waals surface area contributed by atoms with Crippen LogP contribution in [0.2, 0.25) is 0 Å². The topological polar surface area (TPSA) is 49.4 Å². The highest BCUT2D eigenvalue weighted by molar-refractivity contribution is 9.11. The molecule has 1 aliphatic heterocycles. The Kier molecular flexibility index (Phi) is 5.20. The van der Waals surface area contributed by atoms with Crippen molar-refractivity contribution >= 4 is 50.3 Å². The number of nitrogens with zero attached hydrogens (tertiary/aromatic N) is 1. The lowest BCUT2D eigenvalue weighted by Crippen LogP contribution is -2.41. The molecule has 0 bridgehead atoms. The monoisotopic (exact) mass is 472 g/mol. The van der Waals surface area contributed by atoms with Crippen LogP contribution in [-0.4, -0.2) is 11.7 Å². The van der Waals surface area contributed by atoms with E-state index in [9.17, 15) is 9.59 Å². The molecule has 1 aromatic carbocycles. The Morgan fingerprint density at radius 2 is 1.93 bits per heavy atom. The van der Waals surface area contributed by atoms with Gasteiger partial charge in [-0.1, -0.05) is 39.8 Å². The third-order valence-corrected chi connectivity index (χ3v) is 7.17. The van der Waals surface area contributed by atoms with Gasteiger partial charge in [0.25, 0.3) is 0 Å². The predicted octanol–water partition coefficient (Wildman–Crippen LogP) is 6.31. The van der Waals surface area contributed by atoms with Gasteiger partial charge in [0, 0.05) is 28.5 Å². The average Bonchev–Trinajstić information content (AvgIpc) is 2.99. The fourth-order valence-electron chi connectivity index (χ4n) is 4.25. The summed E-state index contributed by atoms with van der Waals surface area (Å²) in [5, 5.41) is 3.54. The fraction of sp³-hybridized carbons (Fsp3) is 0.391. The Hall–Kier alpha value is -1.92. The molecule has 152 valence electrons. The molecule has 1 aliphatic carbocycles. The van der Waals surface area contributed by atoms with Crippen molar-refractivity contribution in [1.29, 1.82) is 0 Å². The highest BCUT2D eigenvalue weighted by Gasteiger charge is 2.44. The summed E-state index contributed by atoms with van der Waals surface area (Å²) in [7, 11) is 0. The number of rotatable bonds is 2. The van der Waals surface area contributed by atoms with Crippen molar-refractivity contribution in [3.8, 4) is 0 Å². The standard InChI is InChI=1S/C23H25BrN2O2S/c1-13(2)22(28)26-16-8-6-5-7-14(16)25-15-11-23(3,4)12-17(27)20(15)21(26)18-9-10-19(24)29-18/h5-10,13,21,25H,11-12H2,1-4H3. The summed E-state index contributed by atoms with van der Waals surface area (Å²) in [4.78, 5) is 29.7. The minimum atomic E-state index is -0.420. The van der Waals surface area contributed by atoms with Gasteiger partial charge in [-0.2, -0.15) is 0 Å². The second kappa shape index (κ2) is 7.40. The van der Waals surface area contributed by atoms with Crippen molar-refractivity contribution in [3.63, 3.8) is 0 Å². The largest absolute Gasteiger partial charge is 0.357 e. The minimum Gasteiger partial charge on any atom is -0.357 e. The summed E-state index contributed by atoms with van der Waals surface area (Å²) in [6.07, 6.45) is 1.26. The van der Waals surface area contributed by atoms with Gasteiger partial charge in [-0.15, -0.1) is 11.3 Å². The molecule has 0 fully saturated rings. The molecule has 1 N–H and O–H groups in total. The Balaban J connectivity index is 2.01. The van der Waals surface area contributed by atoms with Crippen molar-refractivity contribution < 1.29 is 9.59 Å². The first kappa shape index (κ1) is 20.4. The first-order chi connectivity index (χ1) is 13.7. The number of Topliss-reactive ketones (excluding diaryl/α,β-unsaturated/α-hetero) is 1. The van der Waals surface area contributed by atoms with E-state index in [1.165, 1.54) is 0 Å². The number of thiophene rings is 1. The summed E-state index contributed by atoms with van der Waals surface area (Å²) in [6, 6.07) is 11.4. The van der Waals surface area contributed by atoms with E-state index >= 15 is 0 Å². The van der Waals surface area contributed by atoms with Gasteiger partial charge in [-0.3, -0.25) is 14.5 Å². The zero-order valence-electron chi connectivity index (χ0n) is 17.1. The third-order valence-electron chi connectivity index (χ3n) is 5.50. The molecule has 1 amide bonds. The van der Waals surface area contributed by atoms with Crippen LogP contribution >= 0.6 is 27.3 Å². The Labute approximate surface area is 184 Å². The number of hydrogen-bond donors (Lipinski definition) is 1. The number of para-hydroxylation sites is 2. The lowest BCUT2D eigenvalue weighted by molar-refractivity contribution is -0.122. The van der Waals surface area contributed by atoms with Gasteiger partial charge in [0.05, 0.1) is 15.2 Å². The van der Waals surface area contributed by atoms with Crippen LogP contribution in [0.15, 0.2) is 51.5 Å². The van der Waals surface area contributed by atoms with E-state index in [1.807, 2.05) is 55.1 Å². The van der Waals surface area contributed by atoms with Crippen molar-refractivity contribution in [2.45, 2.75) is 46.6 Å². The molecule has 1 aromatic heterocycles. The van der Waals surface area contributed by atoms with Gasteiger partial charge in [-0.25, -0.2) is 0 Å². The molecular weight excluding hydrogens is 448 g/mol. The van der Waals surface area contributed by atoms with Gasteiger partial charge in [0.1, 0.15) is 6.04 Å². The molecule has 4 nitrogen and oxygen atoms in total. The molecule has 0 saturated heterocycles. The third kappa shape index (κ3) is 3.68. The molecule has 6 heteroatoms. The fourth-order valence-corrected chi connectivity index (χ4v) is 5.78. The number of allylic oxidation sites excluding steroid dienone is 1. The van der Waals surface area contributed by atoms with Gasteiger partial charge in [0.2, 0.25) is 5.91 Å². The number of ketones is 1. The van der Waals surface area contributed by atoms with Crippen LogP contribution in [0, 0.1) is 11.3 Å². The molecule has 0 spiro atoms. The van der Waals surface area contributed by atoms with Crippen molar-refractivity contribution in [1.82, 2.24) is 0 Å². The molecule has 29 heavy (non-hydrogen) atoms. The van der Waals surface area contributed by atoms with E-state index in [-0.39, 0.29) is 23.0 Å². The summed E-state index contributed by atoms with van der Waals surface area (Å²) in [6.45, 7) is 8.07. The number of carbonyl (C=O) groups excluding carboxylic acids is 2. The Morgan fingerprint density at radius 1 is 1.21 bits per heavy atom. The Bertz CT molecular complexity index is 1020. The number of benzene rings is 1. The minimum absolute atomic E-state index is 0.0140. The van der Waals surface area contributed by atoms with Crippen LogP contribution in [0.5, 0.6) is 0 Å². The number of halogens is 1. The molecule has 4 rings (SSSR count). The van der Waals surface area contributed by atoms with Crippen LogP contribution in [-0.2, 0) is 9.59 Å². The summed E-state index contributed by atoms with van der Waals surface area (Å²) in [5.41, 5.74) is 3.24. The Morgan fingerprint density at radius 3 is 2.59 bits per heavy atom. The average molecular weight is 473 g/mol.